The Kier molecular flexibility index (Phi) is 4.10. The second kappa shape index (κ2) is 6.56. The van der Waals surface area contributed by atoms with Gasteiger partial charge in [-0.25, -0.2) is 19.3 Å². The van der Waals surface area contributed by atoms with E-state index in [1.807, 2.05) is 18.2 Å². The average Bonchev–Trinajstić information content (AvgIpc) is 3.03. The van der Waals surface area contributed by atoms with Crippen molar-refractivity contribution in [2.24, 2.45) is 0 Å². The average molecular weight is 340 g/mol. The minimum atomic E-state index is -0.252. The van der Waals surface area contributed by atoms with Gasteiger partial charge in [0.25, 0.3) is 0 Å². The summed E-state index contributed by atoms with van der Waals surface area (Å²) in [5.74, 6) is 1.06. The van der Waals surface area contributed by atoms with Crippen LogP contribution in [0.25, 0.3) is 5.65 Å². The summed E-state index contributed by atoms with van der Waals surface area (Å²) in [4.78, 5) is 18.2. The van der Waals surface area contributed by atoms with E-state index >= 15 is 0 Å². The summed E-state index contributed by atoms with van der Waals surface area (Å²) in [6.07, 6.45) is 5.17. The van der Waals surface area contributed by atoms with Gasteiger partial charge in [-0.2, -0.15) is 0 Å². The van der Waals surface area contributed by atoms with Crippen molar-refractivity contribution in [2.45, 2.75) is 25.4 Å². The molecule has 3 heterocycles. The van der Waals surface area contributed by atoms with Crippen LogP contribution in [0.4, 0.5) is 5.82 Å². The maximum atomic E-state index is 11.7. The summed E-state index contributed by atoms with van der Waals surface area (Å²) in [6, 6.07) is 7.77. The molecule has 1 aliphatic heterocycles. The molecule has 0 radical (unpaired) electrons. The maximum Gasteiger partial charge on any atom is 0.347 e. The highest BCUT2D eigenvalue weighted by atomic mass is 16.3. The number of para-hydroxylation sites is 1. The van der Waals surface area contributed by atoms with E-state index in [-0.39, 0.29) is 5.69 Å². The highest BCUT2D eigenvalue weighted by molar-refractivity contribution is 5.63. The van der Waals surface area contributed by atoms with Crippen LogP contribution in [-0.4, -0.2) is 43.8 Å². The number of aromatic nitrogens is 4. The summed E-state index contributed by atoms with van der Waals surface area (Å²) < 4.78 is 1.48. The number of H-pyrrole nitrogens is 1. The molecule has 3 aromatic rings. The Morgan fingerprint density at radius 1 is 1.28 bits per heavy atom. The molecule has 1 saturated heterocycles. The van der Waals surface area contributed by atoms with Crippen molar-refractivity contribution in [2.75, 3.05) is 18.0 Å². The molecule has 130 valence electrons. The Morgan fingerprint density at radius 3 is 2.88 bits per heavy atom. The molecule has 3 N–H and O–H groups in total. The van der Waals surface area contributed by atoms with E-state index in [0.717, 1.165) is 37.3 Å². The number of phenolic OH excluding ortho intramolecular Hbond substituents is 1. The molecule has 0 unspecified atom stereocenters. The van der Waals surface area contributed by atoms with Gasteiger partial charge in [0, 0.05) is 43.6 Å². The number of hydrogen-bond donors (Lipinski definition) is 3. The molecule has 1 aliphatic rings. The number of nitrogens with zero attached hydrogens (tertiary/aromatic N) is 4. The van der Waals surface area contributed by atoms with Gasteiger partial charge in [-0.3, -0.25) is 0 Å². The predicted molar refractivity (Wildman–Crippen MR) is 93.8 cm³/mol. The van der Waals surface area contributed by atoms with Gasteiger partial charge in [-0.15, -0.1) is 5.10 Å². The molecule has 1 aromatic carbocycles. The Hall–Kier alpha value is -2.87. The number of aromatic hydroxyl groups is 1. The molecule has 8 nitrogen and oxygen atoms in total. The molecule has 25 heavy (non-hydrogen) atoms. The first kappa shape index (κ1) is 15.6. The smallest absolute Gasteiger partial charge is 0.347 e. The van der Waals surface area contributed by atoms with Crippen LogP contribution >= 0.6 is 0 Å². The molecule has 0 atom stereocenters. The number of aromatic amines is 1. The van der Waals surface area contributed by atoms with Crippen molar-refractivity contribution >= 4 is 11.5 Å². The van der Waals surface area contributed by atoms with Gasteiger partial charge >= 0.3 is 5.69 Å². The van der Waals surface area contributed by atoms with Crippen LogP contribution in [0.2, 0.25) is 0 Å². The van der Waals surface area contributed by atoms with E-state index in [4.69, 9.17) is 0 Å². The fourth-order valence-electron chi connectivity index (χ4n) is 3.26. The lowest BCUT2D eigenvalue weighted by molar-refractivity contribution is 0.405. The van der Waals surface area contributed by atoms with Crippen LogP contribution in [0, 0.1) is 0 Å². The van der Waals surface area contributed by atoms with Crippen molar-refractivity contribution in [3.8, 4) is 5.75 Å². The van der Waals surface area contributed by atoms with Crippen LogP contribution < -0.4 is 15.9 Å². The first-order valence-electron chi connectivity index (χ1n) is 8.39. The van der Waals surface area contributed by atoms with Gasteiger partial charge in [0.2, 0.25) is 5.65 Å². The van der Waals surface area contributed by atoms with Crippen molar-refractivity contribution in [3.05, 3.63) is 52.7 Å². The van der Waals surface area contributed by atoms with E-state index in [2.05, 4.69) is 25.4 Å². The molecule has 8 heteroatoms. The van der Waals surface area contributed by atoms with Crippen LogP contribution in [0.5, 0.6) is 5.75 Å². The number of nitrogens with one attached hydrogen (secondary N) is 2. The monoisotopic (exact) mass is 340 g/mol. The normalized spacial score (nSPS) is 15.8. The fraction of sp³-hybridized carbons (Fsp3) is 0.353. The standard InChI is InChI=1S/C17H20N6O2/c24-14-4-2-1-3-12(14)11-19-13-5-8-22(9-6-13)15-16-20-21-17(25)23(16)10-7-18-15/h1-4,7,10,13,19,24H,5-6,8-9,11H2,(H,21,25). The van der Waals surface area contributed by atoms with Crippen LogP contribution in [-0.2, 0) is 6.54 Å². The summed E-state index contributed by atoms with van der Waals surface area (Å²) in [7, 11) is 0. The number of rotatable bonds is 4. The molecule has 0 saturated carbocycles. The van der Waals surface area contributed by atoms with Crippen molar-refractivity contribution in [1.82, 2.24) is 24.9 Å². The Bertz CT molecular complexity index is 926. The molecule has 4 rings (SSSR count). The minimum Gasteiger partial charge on any atom is -0.508 e. The van der Waals surface area contributed by atoms with E-state index in [1.165, 1.54) is 4.40 Å². The van der Waals surface area contributed by atoms with Crippen LogP contribution in [0.15, 0.2) is 41.5 Å². The first-order valence-corrected chi connectivity index (χ1v) is 8.39. The molecule has 1 fully saturated rings. The van der Waals surface area contributed by atoms with E-state index in [1.54, 1.807) is 18.5 Å². The SMILES string of the molecule is O=c1[nH]nc2c(N3CCC(NCc4ccccc4O)CC3)nccn12. The molecule has 0 aliphatic carbocycles. The second-order valence-electron chi connectivity index (χ2n) is 6.24. The van der Waals surface area contributed by atoms with E-state index in [0.29, 0.717) is 24.0 Å². The van der Waals surface area contributed by atoms with Crippen molar-refractivity contribution in [1.29, 1.82) is 0 Å². The van der Waals surface area contributed by atoms with Gasteiger partial charge in [-0.1, -0.05) is 18.2 Å². The third-order valence-corrected chi connectivity index (χ3v) is 4.68. The number of fused-ring (bicyclic) bond motifs is 1. The first-order chi connectivity index (χ1) is 12.2. The maximum absolute atomic E-state index is 11.7. The molecular weight excluding hydrogens is 320 g/mol. The largest absolute Gasteiger partial charge is 0.508 e. The zero-order valence-electron chi connectivity index (χ0n) is 13.7. The molecular formula is C17H20N6O2. The van der Waals surface area contributed by atoms with Crippen LogP contribution in [0.1, 0.15) is 18.4 Å². The Balaban J connectivity index is 1.40. The highest BCUT2D eigenvalue weighted by Gasteiger charge is 2.22. The summed E-state index contributed by atoms with van der Waals surface area (Å²) in [5, 5.41) is 19.9. The third-order valence-electron chi connectivity index (χ3n) is 4.68. The van der Waals surface area contributed by atoms with Gasteiger partial charge in [0.1, 0.15) is 5.75 Å². The Morgan fingerprint density at radius 2 is 2.08 bits per heavy atom. The van der Waals surface area contributed by atoms with E-state index < -0.39 is 0 Å². The van der Waals surface area contributed by atoms with Gasteiger partial charge in [-0.05, 0) is 18.9 Å². The summed E-state index contributed by atoms with van der Waals surface area (Å²) >= 11 is 0. The lowest BCUT2D eigenvalue weighted by Crippen LogP contribution is -2.42. The third kappa shape index (κ3) is 3.08. The Labute approximate surface area is 144 Å². The number of anilines is 1. The second-order valence-corrected chi connectivity index (χ2v) is 6.24. The quantitative estimate of drug-likeness (QED) is 0.652. The number of benzene rings is 1. The number of phenols is 1. The molecule has 0 amide bonds. The van der Waals surface area contributed by atoms with Crippen LogP contribution in [0.3, 0.4) is 0 Å². The lowest BCUT2D eigenvalue weighted by Gasteiger charge is -2.33. The molecule has 2 aromatic heterocycles. The highest BCUT2D eigenvalue weighted by Crippen LogP contribution is 2.21. The van der Waals surface area contributed by atoms with Crippen molar-refractivity contribution < 1.29 is 5.11 Å². The minimum absolute atomic E-state index is 0.252. The zero-order valence-corrected chi connectivity index (χ0v) is 13.7. The topological polar surface area (TPSA) is 98.5 Å². The molecule has 0 spiro atoms. The van der Waals surface area contributed by atoms with E-state index in [9.17, 15) is 9.90 Å². The zero-order chi connectivity index (χ0) is 17.2. The fourth-order valence-corrected chi connectivity index (χ4v) is 3.26. The number of piperidine rings is 1. The lowest BCUT2D eigenvalue weighted by atomic mass is 10.0. The van der Waals surface area contributed by atoms with Gasteiger partial charge < -0.3 is 15.3 Å². The van der Waals surface area contributed by atoms with Gasteiger partial charge in [0.15, 0.2) is 5.82 Å². The van der Waals surface area contributed by atoms with Crippen molar-refractivity contribution in [3.63, 3.8) is 0 Å². The van der Waals surface area contributed by atoms with Gasteiger partial charge in [0.05, 0.1) is 0 Å². The summed E-state index contributed by atoms with van der Waals surface area (Å²) in [6.45, 7) is 2.33. The number of hydrogen-bond acceptors (Lipinski definition) is 6. The summed E-state index contributed by atoms with van der Waals surface area (Å²) in [5.41, 5.74) is 1.22. The molecule has 0 bridgehead atoms. The predicted octanol–water partition coefficient (Wildman–Crippen LogP) is 0.882.